The Bertz CT molecular complexity index is 928. The average Bonchev–Trinajstić information content (AvgIpc) is 3.03. The van der Waals surface area contributed by atoms with E-state index >= 15 is 0 Å². The predicted octanol–water partition coefficient (Wildman–Crippen LogP) is 0.908. The number of anilines is 2. The van der Waals surface area contributed by atoms with E-state index in [1.165, 1.54) is 0 Å². The molecule has 2 aromatic heterocycles. The van der Waals surface area contributed by atoms with Crippen molar-refractivity contribution in [2.75, 3.05) is 36.8 Å². The number of nitrogen functional groups attached to an aromatic ring is 1. The van der Waals surface area contributed by atoms with Crippen molar-refractivity contribution in [3.05, 3.63) is 42.4 Å². The summed E-state index contributed by atoms with van der Waals surface area (Å²) in [5, 5.41) is 5.18. The van der Waals surface area contributed by atoms with Crippen LogP contribution in [0.4, 0.5) is 11.5 Å². The number of carbonyl (C=O) groups excluding carboxylic acids is 1. The third-order valence-corrected chi connectivity index (χ3v) is 4.57. The fourth-order valence-electron chi connectivity index (χ4n) is 3.19. The van der Waals surface area contributed by atoms with E-state index in [-0.39, 0.29) is 5.91 Å². The van der Waals surface area contributed by atoms with Crippen molar-refractivity contribution in [1.82, 2.24) is 24.6 Å². The fourth-order valence-corrected chi connectivity index (χ4v) is 3.19. The van der Waals surface area contributed by atoms with Crippen molar-refractivity contribution >= 4 is 28.4 Å². The maximum absolute atomic E-state index is 12.7. The van der Waals surface area contributed by atoms with Crippen LogP contribution in [-0.2, 0) is 7.05 Å². The first-order valence-corrected chi connectivity index (χ1v) is 8.16. The van der Waals surface area contributed by atoms with Crippen LogP contribution in [0.25, 0.3) is 11.0 Å². The molecule has 1 amide bonds. The van der Waals surface area contributed by atoms with Gasteiger partial charge in [-0.3, -0.25) is 9.48 Å². The zero-order chi connectivity index (χ0) is 17.4. The Kier molecular flexibility index (Phi) is 3.72. The Morgan fingerprint density at radius 2 is 1.88 bits per heavy atom. The normalized spacial score (nSPS) is 14.9. The van der Waals surface area contributed by atoms with Gasteiger partial charge in [0.25, 0.3) is 5.91 Å². The summed E-state index contributed by atoms with van der Waals surface area (Å²) in [6.45, 7) is 2.66. The summed E-state index contributed by atoms with van der Waals surface area (Å²) < 4.78 is 1.73. The number of aryl methyl sites for hydroxylation is 1. The van der Waals surface area contributed by atoms with Gasteiger partial charge in [-0.05, 0) is 12.1 Å². The first-order chi connectivity index (χ1) is 12.1. The molecule has 4 rings (SSSR count). The van der Waals surface area contributed by atoms with Gasteiger partial charge in [0.2, 0.25) is 0 Å². The lowest BCUT2D eigenvalue weighted by Gasteiger charge is -2.35. The van der Waals surface area contributed by atoms with Crippen molar-refractivity contribution in [2.24, 2.45) is 7.05 Å². The van der Waals surface area contributed by atoms with Crippen LogP contribution in [-0.4, -0.2) is 56.7 Å². The van der Waals surface area contributed by atoms with Crippen LogP contribution in [0.3, 0.4) is 0 Å². The second-order valence-electron chi connectivity index (χ2n) is 6.07. The summed E-state index contributed by atoms with van der Waals surface area (Å²) in [4.78, 5) is 25.4. The highest BCUT2D eigenvalue weighted by Gasteiger charge is 2.25. The largest absolute Gasteiger partial charge is 0.398 e. The van der Waals surface area contributed by atoms with Crippen molar-refractivity contribution < 1.29 is 4.79 Å². The van der Waals surface area contributed by atoms with Gasteiger partial charge in [0, 0.05) is 38.9 Å². The molecule has 0 radical (unpaired) electrons. The molecule has 1 saturated heterocycles. The number of para-hydroxylation sites is 1. The molecule has 3 aromatic rings. The van der Waals surface area contributed by atoms with Crippen LogP contribution >= 0.6 is 0 Å². The van der Waals surface area contributed by atoms with Crippen LogP contribution < -0.4 is 10.6 Å². The molecule has 25 heavy (non-hydrogen) atoms. The standard InChI is InChI=1S/C17H19N7O/c1-22-15-13(10-21-22)16(20-11-19-15)23-6-8-24(9-7-23)17(25)12-4-2-3-5-14(12)18/h2-5,10-11H,6-9,18H2,1H3. The van der Waals surface area contributed by atoms with E-state index < -0.39 is 0 Å². The van der Waals surface area contributed by atoms with Gasteiger partial charge in [-0.2, -0.15) is 5.10 Å². The highest BCUT2D eigenvalue weighted by molar-refractivity contribution is 5.99. The van der Waals surface area contributed by atoms with Gasteiger partial charge in [0.05, 0.1) is 17.1 Å². The van der Waals surface area contributed by atoms with E-state index in [2.05, 4.69) is 20.0 Å². The van der Waals surface area contributed by atoms with E-state index in [9.17, 15) is 4.79 Å². The van der Waals surface area contributed by atoms with E-state index in [1.54, 1.807) is 29.3 Å². The third kappa shape index (κ3) is 2.65. The minimum atomic E-state index is -0.0213. The maximum atomic E-state index is 12.7. The van der Waals surface area contributed by atoms with Crippen molar-refractivity contribution in [1.29, 1.82) is 0 Å². The number of aromatic nitrogens is 4. The van der Waals surface area contributed by atoms with Crippen molar-refractivity contribution in [2.45, 2.75) is 0 Å². The number of piperazine rings is 1. The maximum Gasteiger partial charge on any atom is 0.256 e. The third-order valence-electron chi connectivity index (χ3n) is 4.57. The molecule has 1 aliphatic rings. The van der Waals surface area contributed by atoms with Crippen LogP contribution in [0.15, 0.2) is 36.8 Å². The first kappa shape index (κ1) is 15.4. The Morgan fingerprint density at radius 1 is 1.12 bits per heavy atom. The Balaban J connectivity index is 1.51. The Morgan fingerprint density at radius 3 is 2.64 bits per heavy atom. The van der Waals surface area contributed by atoms with Gasteiger partial charge in [-0.25, -0.2) is 9.97 Å². The lowest BCUT2D eigenvalue weighted by Crippen LogP contribution is -2.49. The SMILES string of the molecule is Cn1ncc2c(N3CCN(C(=O)c4ccccc4N)CC3)ncnc21. The number of carbonyl (C=O) groups is 1. The monoisotopic (exact) mass is 337 g/mol. The molecular weight excluding hydrogens is 318 g/mol. The molecular formula is C17H19N7O. The molecule has 3 heterocycles. The number of rotatable bonds is 2. The van der Waals surface area contributed by atoms with Crippen LogP contribution in [0.1, 0.15) is 10.4 Å². The summed E-state index contributed by atoms with van der Waals surface area (Å²) >= 11 is 0. The summed E-state index contributed by atoms with van der Waals surface area (Å²) in [5.74, 6) is 0.844. The molecule has 0 saturated carbocycles. The number of nitrogens with zero attached hydrogens (tertiary/aromatic N) is 6. The number of hydrogen-bond acceptors (Lipinski definition) is 6. The van der Waals surface area contributed by atoms with Gasteiger partial charge in [0.1, 0.15) is 12.1 Å². The van der Waals surface area contributed by atoms with Crippen LogP contribution in [0, 0.1) is 0 Å². The summed E-state index contributed by atoms with van der Waals surface area (Å²) in [6.07, 6.45) is 3.34. The molecule has 0 aliphatic carbocycles. The zero-order valence-corrected chi connectivity index (χ0v) is 14.0. The lowest BCUT2D eigenvalue weighted by molar-refractivity contribution is 0.0747. The highest BCUT2D eigenvalue weighted by Crippen LogP contribution is 2.24. The molecule has 128 valence electrons. The summed E-state index contributed by atoms with van der Waals surface area (Å²) in [5.41, 5.74) is 7.81. The fraction of sp³-hybridized carbons (Fsp3) is 0.294. The molecule has 1 aliphatic heterocycles. The molecule has 0 spiro atoms. The predicted molar refractivity (Wildman–Crippen MR) is 95.3 cm³/mol. The minimum absolute atomic E-state index is 0.0213. The lowest BCUT2D eigenvalue weighted by atomic mass is 10.1. The van der Waals surface area contributed by atoms with E-state index in [0.717, 1.165) is 16.9 Å². The Labute approximate surface area is 144 Å². The molecule has 1 fully saturated rings. The summed E-state index contributed by atoms with van der Waals surface area (Å²) in [6, 6.07) is 7.19. The van der Waals surface area contributed by atoms with Crippen LogP contribution in [0.2, 0.25) is 0 Å². The second-order valence-corrected chi connectivity index (χ2v) is 6.07. The highest BCUT2D eigenvalue weighted by atomic mass is 16.2. The average molecular weight is 337 g/mol. The first-order valence-electron chi connectivity index (χ1n) is 8.16. The minimum Gasteiger partial charge on any atom is -0.398 e. The summed E-state index contributed by atoms with van der Waals surface area (Å²) in [7, 11) is 1.86. The van der Waals surface area contributed by atoms with Gasteiger partial charge in [-0.1, -0.05) is 12.1 Å². The number of benzene rings is 1. The number of nitrogens with two attached hydrogens (primary N) is 1. The number of fused-ring (bicyclic) bond motifs is 1. The van der Waals surface area contributed by atoms with Gasteiger partial charge in [-0.15, -0.1) is 0 Å². The van der Waals surface area contributed by atoms with Crippen LogP contribution in [0.5, 0.6) is 0 Å². The Hall–Kier alpha value is -3.16. The van der Waals surface area contributed by atoms with E-state index in [4.69, 9.17) is 5.73 Å². The van der Waals surface area contributed by atoms with E-state index in [0.29, 0.717) is 37.4 Å². The van der Waals surface area contributed by atoms with E-state index in [1.807, 2.05) is 24.1 Å². The molecule has 0 atom stereocenters. The van der Waals surface area contributed by atoms with Crippen molar-refractivity contribution in [3.63, 3.8) is 0 Å². The van der Waals surface area contributed by atoms with Gasteiger partial charge in [0.15, 0.2) is 5.65 Å². The quantitative estimate of drug-likeness (QED) is 0.699. The van der Waals surface area contributed by atoms with Crippen molar-refractivity contribution in [3.8, 4) is 0 Å². The van der Waals surface area contributed by atoms with Gasteiger partial charge < -0.3 is 15.5 Å². The molecule has 2 N–H and O–H groups in total. The molecule has 0 bridgehead atoms. The molecule has 8 nitrogen and oxygen atoms in total. The smallest absolute Gasteiger partial charge is 0.256 e. The van der Waals surface area contributed by atoms with Gasteiger partial charge >= 0.3 is 0 Å². The second kappa shape index (κ2) is 6.04. The number of hydrogen-bond donors (Lipinski definition) is 1. The molecule has 8 heteroatoms. The zero-order valence-electron chi connectivity index (χ0n) is 14.0. The number of amides is 1. The molecule has 1 aromatic carbocycles. The molecule has 0 unspecified atom stereocenters. The topological polar surface area (TPSA) is 93.2 Å².